The van der Waals surface area contributed by atoms with Crippen molar-refractivity contribution in [3.05, 3.63) is 29.8 Å². The Morgan fingerprint density at radius 1 is 1.11 bits per heavy atom. The van der Waals surface area contributed by atoms with Crippen LogP contribution < -0.4 is 4.78 Å². The molecular formula is C14H17BO3S. The predicted octanol–water partition coefficient (Wildman–Crippen LogP) is 3.31. The second-order valence-electron chi connectivity index (χ2n) is 5.80. The summed E-state index contributed by atoms with van der Waals surface area (Å²) in [5, 5.41) is 2.07. The van der Waals surface area contributed by atoms with E-state index in [1.807, 2.05) is 12.1 Å². The fourth-order valence-electron chi connectivity index (χ4n) is 2.01. The van der Waals surface area contributed by atoms with Gasteiger partial charge in [-0.3, -0.25) is 0 Å². The number of thiophene rings is 1. The van der Waals surface area contributed by atoms with Crippen LogP contribution in [0.1, 0.15) is 27.7 Å². The number of hydrogen-bond acceptors (Lipinski definition) is 4. The van der Waals surface area contributed by atoms with Gasteiger partial charge in [0.1, 0.15) is 5.76 Å². The summed E-state index contributed by atoms with van der Waals surface area (Å²) >= 11 is 1.64. The van der Waals surface area contributed by atoms with Crippen LogP contribution in [0.5, 0.6) is 0 Å². The van der Waals surface area contributed by atoms with Crippen LogP contribution in [0.15, 0.2) is 34.3 Å². The highest BCUT2D eigenvalue weighted by Crippen LogP contribution is 2.37. The van der Waals surface area contributed by atoms with Gasteiger partial charge in [0.25, 0.3) is 0 Å². The molecule has 3 rings (SSSR count). The summed E-state index contributed by atoms with van der Waals surface area (Å²) in [7, 11) is -0.293. The van der Waals surface area contributed by atoms with Gasteiger partial charge in [-0.1, -0.05) is 0 Å². The lowest BCUT2D eigenvalue weighted by Gasteiger charge is -2.32. The average molecular weight is 276 g/mol. The molecule has 1 fully saturated rings. The SMILES string of the molecule is CC1(C)OB(c2cc(-c3ccco3)cs2)OC1(C)C. The highest BCUT2D eigenvalue weighted by Gasteiger charge is 2.52. The van der Waals surface area contributed by atoms with Gasteiger partial charge < -0.3 is 13.7 Å². The molecule has 100 valence electrons. The Labute approximate surface area is 117 Å². The average Bonchev–Trinajstić information content (AvgIpc) is 3.00. The first-order valence-electron chi connectivity index (χ1n) is 6.37. The maximum absolute atomic E-state index is 6.04. The van der Waals surface area contributed by atoms with E-state index in [0.717, 1.165) is 16.1 Å². The Balaban J connectivity index is 1.85. The molecule has 0 unspecified atom stereocenters. The second kappa shape index (κ2) is 4.23. The highest BCUT2D eigenvalue weighted by molar-refractivity contribution is 7.21. The quantitative estimate of drug-likeness (QED) is 0.789. The first kappa shape index (κ1) is 13.0. The molecule has 0 aromatic carbocycles. The summed E-state index contributed by atoms with van der Waals surface area (Å²) in [4.78, 5) is 0. The Hall–Kier alpha value is -1.04. The third-order valence-corrected chi connectivity index (χ3v) is 4.87. The molecule has 0 saturated carbocycles. The van der Waals surface area contributed by atoms with Gasteiger partial charge >= 0.3 is 7.12 Å². The van der Waals surface area contributed by atoms with E-state index in [-0.39, 0.29) is 18.3 Å². The number of furan rings is 1. The van der Waals surface area contributed by atoms with Gasteiger partial charge in [-0.2, -0.15) is 11.3 Å². The summed E-state index contributed by atoms with van der Waals surface area (Å²) in [6, 6.07) is 5.92. The van der Waals surface area contributed by atoms with E-state index in [1.54, 1.807) is 17.6 Å². The maximum atomic E-state index is 6.04. The minimum atomic E-state index is -0.299. The summed E-state index contributed by atoms with van der Waals surface area (Å²) in [6.07, 6.45) is 1.68. The monoisotopic (exact) mass is 276 g/mol. The number of rotatable bonds is 2. The van der Waals surface area contributed by atoms with Crippen LogP contribution >= 0.6 is 11.3 Å². The molecule has 0 bridgehead atoms. The third-order valence-electron chi connectivity index (χ3n) is 3.91. The molecule has 2 aromatic heterocycles. The molecule has 0 N–H and O–H groups in total. The topological polar surface area (TPSA) is 31.6 Å². The van der Waals surface area contributed by atoms with Crippen molar-refractivity contribution in [2.75, 3.05) is 0 Å². The molecule has 19 heavy (non-hydrogen) atoms. The zero-order valence-corrected chi connectivity index (χ0v) is 12.4. The highest BCUT2D eigenvalue weighted by atomic mass is 32.1. The van der Waals surface area contributed by atoms with Crippen LogP contribution in [0.3, 0.4) is 0 Å². The van der Waals surface area contributed by atoms with Crippen LogP contribution in [0.4, 0.5) is 0 Å². The fourth-order valence-corrected chi connectivity index (χ4v) is 2.86. The van der Waals surface area contributed by atoms with Gasteiger partial charge in [0.2, 0.25) is 0 Å². The van der Waals surface area contributed by atoms with Crippen molar-refractivity contribution in [2.24, 2.45) is 0 Å². The Morgan fingerprint density at radius 2 is 1.79 bits per heavy atom. The van der Waals surface area contributed by atoms with Crippen molar-refractivity contribution in [3.63, 3.8) is 0 Å². The van der Waals surface area contributed by atoms with E-state index in [2.05, 4.69) is 39.1 Å². The van der Waals surface area contributed by atoms with Crippen molar-refractivity contribution in [1.82, 2.24) is 0 Å². The van der Waals surface area contributed by atoms with Gasteiger partial charge in [-0.05, 0) is 45.9 Å². The Kier molecular flexibility index (Phi) is 2.89. The minimum Gasteiger partial charge on any atom is -0.464 e. The first-order valence-corrected chi connectivity index (χ1v) is 7.25. The summed E-state index contributed by atoms with van der Waals surface area (Å²) in [6.45, 7) is 8.25. The van der Waals surface area contributed by atoms with E-state index in [4.69, 9.17) is 13.7 Å². The summed E-state index contributed by atoms with van der Waals surface area (Å²) in [5.74, 6) is 0.874. The largest absolute Gasteiger partial charge is 0.505 e. The molecule has 1 saturated heterocycles. The standard InChI is InChI=1S/C14H17BO3S/c1-13(2)14(3,4)18-15(17-13)12-8-10(9-19-12)11-6-5-7-16-11/h5-9H,1-4H3. The van der Waals surface area contributed by atoms with Crippen LogP contribution in [0.2, 0.25) is 0 Å². The van der Waals surface area contributed by atoms with Crippen molar-refractivity contribution in [3.8, 4) is 11.3 Å². The molecule has 0 aliphatic carbocycles. The van der Waals surface area contributed by atoms with E-state index in [9.17, 15) is 0 Å². The normalized spacial score (nSPS) is 20.9. The van der Waals surface area contributed by atoms with Gasteiger partial charge in [-0.15, -0.1) is 0 Å². The van der Waals surface area contributed by atoms with Gasteiger partial charge in [0, 0.05) is 15.7 Å². The zero-order chi connectivity index (χ0) is 13.7. The summed E-state index contributed by atoms with van der Waals surface area (Å²) < 4.78 is 18.6. The zero-order valence-electron chi connectivity index (χ0n) is 11.6. The van der Waals surface area contributed by atoms with Crippen LogP contribution in [-0.4, -0.2) is 18.3 Å². The molecule has 2 aromatic rings. The molecule has 1 aliphatic rings. The molecule has 1 aliphatic heterocycles. The maximum Gasteiger partial charge on any atom is 0.505 e. The first-order chi connectivity index (χ1) is 8.89. The smallest absolute Gasteiger partial charge is 0.464 e. The van der Waals surface area contributed by atoms with Crippen molar-refractivity contribution in [2.45, 2.75) is 38.9 Å². The van der Waals surface area contributed by atoms with Gasteiger partial charge in [-0.25, -0.2) is 0 Å². The van der Waals surface area contributed by atoms with Gasteiger partial charge in [0.15, 0.2) is 0 Å². The predicted molar refractivity (Wildman–Crippen MR) is 77.7 cm³/mol. The van der Waals surface area contributed by atoms with Gasteiger partial charge in [0.05, 0.1) is 17.5 Å². The molecule has 3 nitrogen and oxygen atoms in total. The molecule has 0 atom stereocenters. The summed E-state index contributed by atoms with van der Waals surface area (Å²) in [5.41, 5.74) is 0.471. The van der Waals surface area contributed by atoms with E-state index < -0.39 is 0 Å². The number of hydrogen-bond donors (Lipinski definition) is 0. The minimum absolute atomic E-state index is 0.293. The van der Waals surface area contributed by atoms with Crippen molar-refractivity contribution >= 4 is 23.2 Å². The molecule has 0 radical (unpaired) electrons. The molecule has 3 heterocycles. The lowest BCUT2D eigenvalue weighted by molar-refractivity contribution is 0.00578. The van der Waals surface area contributed by atoms with Crippen LogP contribution in [-0.2, 0) is 9.31 Å². The molecule has 0 spiro atoms. The van der Waals surface area contributed by atoms with Crippen molar-refractivity contribution < 1.29 is 13.7 Å². The second-order valence-corrected chi connectivity index (χ2v) is 6.75. The third kappa shape index (κ3) is 2.16. The van der Waals surface area contributed by atoms with E-state index in [0.29, 0.717) is 0 Å². The fraction of sp³-hybridized carbons (Fsp3) is 0.429. The Morgan fingerprint density at radius 3 is 2.37 bits per heavy atom. The Bertz CT molecular complexity index is 555. The molecule has 0 amide bonds. The van der Waals surface area contributed by atoms with E-state index in [1.165, 1.54) is 0 Å². The lowest BCUT2D eigenvalue weighted by atomic mass is 9.87. The van der Waals surface area contributed by atoms with E-state index >= 15 is 0 Å². The molecular weight excluding hydrogens is 259 g/mol. The van der Waals surface area contributed by atoms with Crippen LogP contribution in [0, 0.1) is 0 Å². The lowest BCUT2D eigenvalue weighted by Crippen LogP contribution is -2.41. The van der Waals surface area contributed by atoms with Crippen molar-refractivity contribution in [1.29, 1.82) is 0 Å². The molecule has 5 heteroatoms. The van der Waals surface area contributed by atoms with Crippen LogP contribution in [0.25, 0.3) is 11.3 Å².